The van der Waals surface area contributed by atoms with Gasteiger partial charge in [0.25, 0.3) is 0 Å². The number of rotatable bonds is 4. The Kier molecular flexibility index (Phi) is 4.77. The molecule has 6 nitrogen and oxygen atoms in total. The zero-order valence-corrected chi connectivity index (χ0v) is 10.3. The number of anilines is 1. The van der Waals surface area contributed by atoms with Crippen molar-refractivity contribution in [2.24, 2.45) is 0 Å². The number of carbonyl (C=O) groups is 2. The van der Waals surface area contributed by atoms with E-state index in [1.807, 2.05) is 6.92 Å². The summed E-state index contributed by atoms with van der Waals surface area (Å²) >= 11 is 0. The molecule has 1 unspecified atom stereocenters. The minimum atomic E-state index is -1.28. The number of para-hydroxylation sites is 1. The number of phenols is 1. The number of carboxylic acids is 1. The highest BCUT2D eigenvalue weighted by Crippen LogP contribution is 2.27. The molecule has 0 spiro atoms. The second kappa shape index (κ2) is 6.31. The normalized spacial score (nSPS) is 11.2. The van der Waals surface area contributed by atoms with Gasteiger partial charge >= 0.3 is 12.0 Å². The molecular formula is C13H14N2O4. The van der Waals surface area contributed by atoms with E-state index >= 15 is 0 Å². The SMILES string of the molecule is C#CC(CC)NC(=O)Nc1cccc(C(=O)O)c1O. The van der Waals surface area contributed by atoms with Gasteiger partial charge in [-0.1, -0.05) is 18.9 Å². The monoisotopic (exact) mass is 262 g/mol. The number of aromatic hydroxyl groups is 1. The Labute approximate surface area is 110 Å². The van der Waals surface area contributed by atoms with E-state index in [0.29, 0.717) is 6.42 Å². The first-order chi connectivity index (χ1) is 8.99. The molecule has 0 aromatic heterocycles. The Bertz CT molecular complexity index is 534. The first-order valence-electron chi connectivity index (χ1n) is 5.58. The van der Waals surface area contributed by atoms with Crippen molar-refractivity contribution in [1.29, 1.82) is 0 Å². The average molecular weight is 262 g/mol. The van der Waals surface area contributed by atoms with E-state index in [0.717, 1.165) is 0 Å². The second-order valence-electron chi connectivity index (χ2n) is 3.73. The third-order valence-electron chi connectivity index (χ3n) is 2.43. The lowest BCUT2D eigenvalue weighted by Gasteiger charge is -2.13. The molecule has 6 heteroatoms. The van der Waals surface area contributed by atoms with Crippen molar-refractivity contribution in [3.63, 3.8) is 0 Å². The molecule has 0 saturated carbocycles. The van der Waals surface area contributed by atoms with Gasteiger partial charge in [0.15, 0.2) is 5.75 Å². The van der Waals surface area contributed by atoms with Crippen molar-refractivity contribution < 1.29 is 19.8 Å². The van der Waals surface area contributed by atoms with Crippen LogP contribution >= 0.6 is 0 Å². The first-order valence-corrected chi connectivity index (χ1v) is 5.58. The highest BCUT2D eigenvalue weighted by atomic mass is 16.4. The van der Waals surface area contributed by atoms with Crippen LogP contribution < -0.4 is 10.6 Å². The number of nitrogens with one attached hydrogen (secondary N) is 2. The minimum Gasteiger partial charge on any atom is -0.505 e. The predicted molar refractivity (Wildman–Crippen MR) is 70.1 cm³/mol. The van der Waals surface area contributed by atoms with E-state index in [9.17, 15) is 14.7 Å². The van der Waals surface area contributed by atoms with Crippen molar-refractivity contribution in [2.75, 3.05) is 5.32 Å². The topological polar surface area (TPSA) is 98.7 Å². The lowest BCUT2D eigenvalue weighted by atomic mass is 10.1. The first kappa shape index (κ1) is 14.4. The molecule has 19 heavy (non-hydrogen) atoms. The number of amides is 2. The predicted octanol–water partition coefficient (Wildman–Crippen LogP) is 1.62. The van der Waals surface area contributed by atoms with Gasteiger partial charge in [-0.15, -0.1) is 6.42 Å². The summed E-state index contributed by atoms with van der Waals surface area (Å²) in [7, 11) is 0. The van der Waals surface area contributed by atoms with Gasteiger partial charge in [0.2, 0.25) is 0 Å². The molecule has 0 radical (unpaired) electrons. The molecular weight excluding hydrogens is 248 g/mol. The van der Waals surface area contributed by atoms with Gasteiger partial charge in [-0.2, -0.15) is 0 Å². The van der Waals surface area contributed by atoms with Crippen molar-refractivity contribution in [1.82, 2.24) is 5.32 Å². The highest BCUT2D eigenvalue weighted by molar-refractivity contribution is 5.97. The van der Waals surface area contributed by atoms with Crippen LogP contribution in [0, 0.1) is 12.3 Å². The molecule has 0 heterocycles. The van der Waals surface area contributed by atoms with Crippen LogP contribution in [-0.2, 0) is 0 Å². The molecule has 0 bridgehead atoms. The van der Waals surface area contributed by atoms with Gasteiger partial charge in [-0.3, -0.25) is 0 Å². The Morgan fingerprint density at radius 1 is 1.47 bits per heavy atom. The van der Waals surface area contributed by atoms with Crippen molar-refractivity contribution >= 4 is 17.7 Å². The molecule has 1 atom stereocenters. The number of carboxylic acid groups (broad SMARTS) is 1. The Hall–Kier alpha value is -2.68. The minimum absolute atomic E-state index is 0.00396. The van der Waals surface area contributed by atoms with Gasteiger partial charge in [0.05, 0.1) is 11.7 Å². The Balaban J connectivity index is 2.83. The molecule has 0 aliphatic carbocycles. The number of urea groups is 1. The zero-order valence-electron chi connectivity index (χ0n) is 10.3. The highest BCUT2D eigenvalue weighted by Gasteiger charge is 2.15. The number of carbonyl (C=O) groups excluding carboxylic acids is 1. The smallest absolute Gasteiger partial charge is 0.339 e. The zero-order chi connectivity index (χ0) is 14.4. The summed E-state index contributed by atoms with van der Waals surface area (Å²) in [5.74, 6) is 0.602. The van der Waals surface area contributed by atoms with E-state index in [2.05, 4.69) is 16.6 Å². The summed E-state index contributed by atoms with van der Waals surface area (Å²) in [4.78, 5) is 22.4. The Morgan fingerprint density at radius 2 is 2.16 bits per heavy atom. The molecule has 1 aromatic rings. The largest absolute Gasteiger partial charge is 0.505 e. The van der Waals surface area contributed by atoms with Crippen molar-refractivity contribution in [3.8, 4) is 18.1 Å². The molecule has 0 fully saturated rings. The van der Waals surface area contributed by atoms with Gasteiger partial charge in [0.1, 0.15) is 5.56 Å². The average Bonchev–Trinajstić information content (AvgIpc) is 2.38. The van der Waals surface area contributed by atoms with Gasteiger partial charge in [-0.05, 0) is 18.6 Å². The summed E-state index contributed by atoms with van der Waals surface area (Å²) in [5.41, 5.74) is -0.286. The summed E-state index contributed by atoms with van der Waals surface area (Å²) in [6.45, 7) is 1.81. The van der Waals surface area contributed by atoms with Crippen LogP contribution in [0.2, 0.25) is 0 Å². The molecule has 0 saturated heterocycles. The van der Waals surface area contributed by atoms with Crippen LogP contribution in [-0.4, -0.2) is 28.3 Å². The molecule has 100 valence electrons. The quantitative estimate of drug-likeness (QED) is 0.489. The van der Waals surface area contributed by atoms with E-state index in [4.69, 9.17) is 11.5 Å². The summed E-state index contributed by atoms with van der Waals surface area (Å²) in [5, 5.41) is 23.4. The molecule has 0 aliphatic rings. The maximum atomic E-state index is 11.6. The van der Waals surface area contributed by atoms with Gasteiger partial charge in [-0.25, -0.2) is 9.59 Å². The lowest BCUT2D eigenvalue weighted by molar-refractivity contribution is 0.0693. The van der Waals surface area contributed by atoms with Crippen LogP contribution in [0.15, 0.2) is 18.2 Å². The fraction of sp³-hybridized carbons (Fsp3) is 0.231. The third-order valence-corrected chi connectivity index (χ3v) is 2.43. The van der Waals surface area contributed by atoms with E-state index in [1.165, 1.54) is 18.2 Å². The summed E-state index contributed by atoms with van der Waals surface area (Å²) in [6, 6.07) is 3.00. The second-order valence-corrected chi connectivity index (χ2v) is 3.73. The fourth-order valence-electron chi connectivity index (χ4n) is 1.40. The van der Waals surface area contributed by atoms with Crippen LogP contribution in [0.4, 0.5) is 10.5 Å². The molecule has 1 rings (SSSR count). The van der Waals surface area contributed by atoms with E-state index < -0.39 is 23.8 Å². The van der Waals surface area contributed by atoms with Crippen LogP contribution in [0.1, 0.15) is 23.7 Å². The maximum Gasteiger partial charge on any atom is 0.339 e. The van der Waals surface area contributed by atoms with Crippen LogP contribution in [0.5, 0.6) is 5.75 Å². The molecule has 4 N–H and O–H groups in total. The van der Waals surface area contributed by atoms with E-state index in [1.54, 1.807) is 0 Å². The molecule has 1 aromatic carbocycles. The lowest BCUT2D eigenvalue weighted by Crippen LogP contribution is -2.36. The van der Waals surface area contributed by atoms with Crippen LogP contribution in [0.3, 0.4) is 0 Å². The number of hydrogen-bond donors (Lipinski definition) is 4. The third kappa shape index (κ3) is 3.64. The van der Waals surface area contributed by atoms with Crippen molar-refractivity contribution in [2.45, 2.75) is 19.4 Å². The molecule has 0 aliphatic heterocycles. The van der Waals surface area contributed by atoms with Gasteiger partial charge < -0.3 is 20.8 Å². The maximum absolute atomic E-state index is 11.6. The standard InChI is InChI=1S/C13H14N2O4/c1-3-8(4-2)14-13(19)15-10-7-5-6-9(11(10)16)12(17)18/h1,5-8,16H,4H2,2H3,(H,17,18)(H2,14,15,19). The van der Waals surface area contributed by atoms with Crippen molar-refractivity contribution in [3.05, 3.63) is 23.8 Å². The van der Waals surface area contributed by atoms with Crippen LogP contribution in [0.25, 0.3) is 0 Å². The fourth-order valence-corrected chi connectivity index (χ4v) is 1.40. The molecule has 2 amide bonds. The Morgan fingerprint density at radius 3 is 2.68 bits per heavy atom. The number of hydrogen-bond acceptors (Lipinski definition) is 3. The summed E-state index contributed by atoms with van der Waals surface area (Å²) < 4.78 is 0. The summed E-state index contributed by atoms with van der Waals surface area (Å²) in [6.07, 6.45) is 5.76. The van der Waals surface area contributed by atoms with Gasteiger partial charge in [0, 0.05) is 0 Å². The van der Waals surface area contributed by atoms with E-state index in [-0.39, 0.29) is 11.3 Å². The number of terminal acetylenes is 1. The number of aromatic carboxylic acids is 1. The number of benzene rings is 1.